The highest BCUT2D eigenvalue weighted by Crippen LogP contribution is 2.46. The van der Waals surface area contributed by atoms with Crippen LogP contribution in [-0.2, 0) is 10.0 Å². The largest absolute Gasteiger partial charge is 0.314 e. The van der Waals surface area contributed by atoms with E-state index >= 15 is 0 Å². The van der Waals surface area contributed by atoms with Crippen molar-refractivity contribution in [3.63, 3.8) is 0 Å². The van der Waals surface area contributed by atoms with Crippen LogP contribution in [0.15, 0.2) is 63.2 Å². The molecule has 2 aromatic rings. The quantitative estimate of drug-likeness (QED) is 0.675. The van der Waals surface area contributed by atoms with Crippen molar-refractivity contribution in [2.24, 2.45) is 0 Å². The van der Waals surface area contributed by atoms with Gasteiger partial charge in [-0.15, -0.1) is 0 Å². The Hall–Kier alpha value is -1.64. The summed E-state index contributed by atoms with van der Waals surface area (Å²) in [5.41, 5.74) is 3.34. The molecule has 1 fully saturated rings. The van der Waals surface area contributed by atoms with Gasteiger partial charge in [-0.1, -0.05) is 36.0 Å². The van der Waals surface area contributed by atoms with Gasteiger partial charge in [0, 0.05) is 56.6 Å². The third kappa shape index (κ3) is 4.29. The number of nitrogens with one attached hydrogen (secondary N) is 1. The molecule has 0 unspecified atom stereocenters. The number of hydrogen-bond donors (Lipinski definition) is 1. The van der Waals surface area contributed by atoms with Crippen LogP contribution in [0.1, 0.15) is 17.5 Å². The minimum Gasteiger partial charge on any atom is -0.314 e. The second kappa shape index (κ2) is 8.62. The predicted molar refractivity (Wildman–Crippen MR) is 119 cm³/mol. The standard InChI is InChI=1S/C22H27N3O2S2/c1-24(2)29(26,27)17-9-10-22-20(16-17)18(19-6-3-4-8-21(19)28-22)7-5-13-25-14-11-23-12-15-25/h3-4,6-10,16,23H,5,11-15H2,1-2H3/b18-7-. The van der Waals surface area contributed by atoms with Gasteiger partial charge in [0.25, 0.3) is 0 Å². The predicted octanol–water partition coefficient (Wildman–Crippen LogP) is 3.13. The molecule has 2 aliphatic rings. The molecule has 0 saturated carbocycles. The Bertz CT molecular complexity index is 1030. The van der Waals surface area contributed by atoms with Gasteiger partial charge in [-0.05, 0) is 47.4 Å². The average Bonchev–Trinajstić information content (AvgIpc) is 2.73. The molecule has 0 spiro atoms. The zero-order valence-corrected chi connectivity index (χ0v) is 18.5. The molecule has 2 aromatic carbocycles. The van der Waals surface area contributed by atoms with E-state index in [9.17, 15) is 8.42 Å². The van der Waals surface area contributed by atoms with E-state index in [4.69, 9.17) is 0 Å². The molecule has 2 aliphatic heterocycles. The number of piperazine rings is 1. The molecule has 29 heavy (non-hydrogen) atoms. The zero-order chi connectivity index (χ0) is 20.4. The molecule has 154 valence electrons. The molecule has 0 amide bonds. The summed E-state index contributed by atoms with van der Waals surface area (Å²) in [6.45, 7) is 5.27. The van der Waals surface area contributed by atoms with Crippen molar-refractivity contribution in [3.8, 4) is 0 Å². The van der Waals surface area contributed by atoms with Gasteiger partial charge < -0.3 is 10.2 Å². The summed E-state index contributed by atoms with van der Waals surface area (Å²) in [6, 6.07) is 13.9. The molecule has 1 N–H and O–H groups in total. The second-order valence-electron chi connectivity index (χ2n) is 7.54. The minimum absolute atomic E-state index is 0.342. The van der Waals surface area contributed by atoms with Gasteiger partial charge in [-0.25, -0.2) is 12.7 Å². The number of sulfonamides is 1. The maximum atomic E-state index is 12.7. The molecule has 5 nitrogen and oxygen atoms in total. The van der Waals surface area contributed by atoms with E-state index in [1.54, 1.807) is 31.9 Å². The van der Waals surface area contributed by atoms with Crippen molar-refractivity contribution in [2.75, 3.05) is 46.8 Å². The van der Waals surface area contributed by atoms with Crippen molar-refractivity contribution in [3.05, 3.63) is 59.7 Å². The first-order valence-corrected chi connectivity index (χ1v) is 12.2. The molecule has 0 aromatic heterocycles. The Kier molecular flexibility index (Phi) is 6.13. The van der Waals surface area contributed by atoms with Crippen LogP contribution in [0.4, 0.5) is 0 Å². The van der Waals surface area contributed by atoms with Crippen molar-refractivity contribution in [1.29, 1.82) is 0 Å². The van der Waals surface area contributed by atoms with Crippen LogP contribution < -0.4 is 5.32 Å². The van der Waals surface area contributed by atoms with Gasteiger partial charge in [-0.2, -0.15) is 0 Å². The lowest BCUT2D eigenvalue weighted by Crippen LogP contribution is -2.43. The number of benzene rings is 2. The summed E-state index contributed by atoms with van der Waals surface area (Å²) in [5.74, 6) is 0. The van der Waals surface area contributed by atoms with Gasteiger partial charge in [0.2, 0.25) is 10.0 Å². The summed E-state index contributed by atoms with van der Waals surface area (Å²) in [7, 11) is -0.322. The molecule has 0 bridgehead atoms. The lowest BCUT2D eigenvalue weighted by Gasteiger charge is -2.27. The smallest absolute Gasteiger partial charge is 0.242 e. The van der Waals surface area contributed by atoms with E-state index in [1.165, 1.54) is 14.8 Å². The van der Waals surface area contributed by atoms with E-state index in [0.717, 1.165) is 55.2 Å². The van der Waals surface area contributed by atoms with Gasteiger partial charge in [0.15, 0.2) is 0 Å². The second-order valence-corrected chi connectivity index (χ2v) is 10.8. The van der Waals surface area contributed by atoms with Crippen molar-refractivity contribution < 1.29 is 8.42 Å². The van der Waals surface area contributed by atoms with E-state index in [-0.39, 0.29) is 0 Å². The first-order chi connectivity index (χ1) is 14.0. The minimum atomic E-state index is -3.47. The summed E-state index contributed by atoms with van der Waals surface area (Å²) < 4.78 is 26.6. The fraction of sp³-hybridized carbons (Fsp3) is 0.364. The van der Waals surface area contributed by atoms with Crippen LogP contribution in [-0.4, -0.2) is 64.4 Å². The number of fused-ring (bicyclic) bond motifs is 2. The molecule has 0 atom stereocenters. The van der Waals surface area contributed by atoms with Crippen LogP contribution in [0.3, 0.4) is 0 Å². The Morgan fingerprint density at radius 2 is 1.79 bits per heavy atom. The summed E-state index contributed by atoms with van der Waals surface area (Å²) in [5, 5.41) is 3.39. The van der Waals surface area contributed by atoms with Gasteiger partial charge in [0.05, 0.1) is 4.90 Å². The summed E-state index contributed by atoms with van der Waals surface area (Å²) in [6.07, 6.45) is 3.23. The highest BCUT2D eigenvalue weighted by atomic mass is 32.2. The highest BCUT2D eigenvalue weighted by Gasteiger charge is 2.24. The topological polar surface area (TPSA) is 52.7 Å². The van der Waals surface area contributed by atoms with Gasteiger partial charge >= 0.3 is 0 Å². The lowest BCUT2D eigenvalue weighted by molar-refractivity contribution is 0.245. The molecule has 1 saturated heterocycles. The summed E-state index contributed by atoms with van der Waals surface area (Å²) >= 11 is 1.71. The van der Waals surface area contributed by atoms with Crippen LogP contribution in [0.5, 0.6) is 0 Å². The van der Waals surface area contributed by atoms with Crippen LogP contribution in [0.2, 0.25) is 0 Å². The van der Waals surface area contributed by atoms with Crippen molar-refractivity contribution in [1.82, 2.24) is 14.5 Å². The number of hydrogen-bond acceptors (Lipinski definition) is 5. The molecule has 0 aliphatic carbocycles. The first kappa shape index (κ1) is 20.6. The lowest BCUT2D eigenvalue weighted by atomic mass is 9.96. The van der Waals surface area contributed by atoms with Crippen molar-refractivity contribution >= 4 is 27.4 Å². The van der Waals surface area contributed by atoms with E-state index in [2.05, 4.69) is 40.6 Å². The SMILES string of the molecule is CN(C)S(=O)(=O)c1ccc2c(c1)/C(=C\CCN1CCNCC1)c1ccccc1S2. The van der Waals surface area contributed by atoms with Gasteiger partial charge in [-0.3, -0.25) is 0 Å². The fourth-order valence-corrected chi connectivity index (χ4v) is 5.78. The van der Waals surface area contributed by atoms with E-state index in [1.807, 2.05) is 12.1 Å². The molecule has 2 heterocycles. The highest BCUT2D eigenvalue weighted by molar-refractivity contribution is 7.99. The third-order valence-corrected chi connectivity index (χ3v) is 8.38. The van der Waals surface area contributed by atoms with Crippen LogP contribution in [0.25, 0.3) is 5.57 Å². The fourth-order valence-electron chi connectivity index (χ4n) is 3.77. The monoisotopic (exact) mass is 429 g/mol. The van der Waals surface area contributed by atoms with Gasteiger partial charge in [0.1, 0.15) is 0 Å². The maximum Gasteiger partial charge on any atom is 0.242 e. The summed E-state index contributed by atoms with van der Waals surface area (Å²) in [4.78, 5) is 5.14. The molecule has 4 rings (SSSR count). The number of nitrogens with zero attached hydrogens (tertiary/aromatic N) is 2. The Balaban J connectivity index is 1.70. The molecule has 0 radical (unpaired) electrons. The Labute approximate surface area is 177 Å². The molecular weight excluding hydrogens is 402 g/mol. The Morgan fingerprint density at radius 3 is 2.55 bits per heavy atom. The van der Waals surface area contributed by atoms with E-state index in [0.29, 0.717) is 4.90 Å². The normalized spacial score (nSPS) is 18.7. The van der Waals surface area contributed by atoms with E-state index < -0.39 is 10.0 Å². The zero-order valence-electron chi connectivity index (χ0n) is 16.9. The van der Waals surface area contributed by atoms with Crippen LogP contribution in [0, 0.1) is 0 Å². The average molecular weight is 430 g/mol. The molecular formula is C22H27N3O2S2. The first-order valence-electron chi connectivity index (χ1n) is 9.94. The maximum absolute atomic E-state index is 12.7. The Morgan fingerprint density at radius 1 is 1.07 bits per heavy atom. The number of rotatable bonds is 5. The van der Waals surface area contributed by atoms with Crippen LogP contribution >= 0.6 is 11.8 Å². The van der Waals surface area contributed by atoms with Crippen molar-refractivity contribution in [2.45, 2.75) is 21.1 Å². The third-order valence-electron chi connectivity index (χ3n) is 5.42. The molecule has 7 heteroatoms.